The van der Waals surface area contributed by atoms with E-state index in [1.165, 1.54) is 42.2 Å². The quantitative estimate of drug-likeness (QED) is 0.467. The number of rotatable bonds is 1. The Labute approximate surface area is 115 Å². The minimum Gasteiger partial charge on any atom is -0.144 e. The fourth-order valence-electron chi connectivity index (χ4n) is 2.92. The van der Waals surface area contributed by atoms with Gasteiger partial charge in [-0.1, -0.05) is 53.4 Å². The SMILES string of the molecule is BrC1CCCCCC1c1cccc2ccsc12. The van der Waals surface area contributed by atoms with Gasteiger partial charge in [0.25, 0.3) is 0 Å². The van der Waals surface area contributed by atoms with Crippen LogP contribution in [0.15, 0.2) is 29.6 Å². The highest BCUT2D eigenvalue weighted by atomic mass is 79.9. The summed E-state index contributed by atoms with van der Waals surface area (Å²) >= 11 is 5.82. The lowest BCUT2D eigenvalue weighted by atomic mass is 9.91. The molecular formula is C15H17BrS. The minimum atomic E-state index is 0.665. The monoisotopic (exact) mass is 308 g/mol. The molecule has 2 unspecified atom stereocenters. The maximum absolute atomic E-state index is 3.92. The van der Waals surface area contributed by atoms with E-state index in [0.29, 0.717) is 10.7 Å². The van der Waals surface area contributed by atoms with Crippen LogP contribution in [-0.2, 0) is 0 Å². The molecule has 0 N–H and O–H groups in total. The van der Waals surface area contributed by atoms with Crippen LogP contribution < -0.4 is 0 Å². The van der Waals surface area contributed by atoms with E-state index in [4.69, 9.17) is 0 Å². The van der Waals surface area contributed by atoms with Gasteiger partial charge in [0, 0.05) is 9.53 Å². The van der Waals surface area contributed by atoms with Crippen LogP contribution in [0.5, 0.6) is 0 Å². The van der Waals surface area contributed by atoms with Crippen LogP contribution in [-0.4, -0.2) is 4.83 Å². The van der Waals surface area contributed by atoms with E-state index in [0.717, 1.165) is 0 Å². The average Bonchev–Trinajstić information content (AvgIpc) is 2.72. The van der Waals surface area contributed by atoms with Gasteiger partial charge in [0.15, 0.2) is 0 Å². The molecule has 0 aliphatic heterocycles. The fourth-order valence-corrected chi connectivity index (χ4v) is 4.77. The van der Waals surface area contributed by atoms with E-state index in [1.807, 2.05) is 11.3 Å². The lowest BCUT2D eigenvalue weighted by Gasteiger charge is -2.21. The molecule has 0 saturated heterocycles. The van der Waals surface area contributed by atoms with Crippen molar-refractivity contribution in [3.63, 3.8) is 0 Å². The second kappa shape index (κ2) is 5.11. The number of thiophene rings is 1. The minimum absolute atomic E-state index is 0.665. The highest BCUT2D eigenvalue weighted by molar-refractivity contribution is 9.09. The zero-order chi connectivity index (χ0) is 11.7. The summed E-state index contributed by atoms with van der Waals surface area (Å²) in [7, 11) is 0. The topological polar surface area (TPSA) is 0 Å². The smallest absolute Gasteiger partial charge is 0.0377 e. The Morgan fingerprint density at radius 2 is 1.94 bits per heavy atom. The van der Waals surface area contributed by atoms with Gasteiger partial charge in [-0.05, 0) is 41.2 Å². The predicted octanol–water partition coefficient (Wildman–Crippen LogP) is 5.71. The summed E-state index contributed by atoms with van der Waals surface area (Å²) in [5.74, 6) is 0.708. The Balaban J connectivity index is 2.03. The van der Waals surface area contributed by atoms with E-state index < -0.39 is 0 Å². The molecular weight excluding hydrogens is 292 g/mol. The second-order valence-electron chi connectivity index (χ2n) is 4.95. The van der Waals surface area contributed by atoms with Gasteiger partial charge in [-0.2, -0.15) is 0 Å². The molecule has 2 atom stereocenters. The third-order valence-electron chi connectivity index (χ3n) is 3.84. The summed E-state index contributed by atoms with van der Waals surface area (Å²) in [5, 5.41) is 3.63. The maximum atomic E-state index is 3.92. The molecule has 0 spiro atoms. The first-order valence-corrected chi connectivity index (χ1v) is 8.26. The molecule has 0 radical (unpaired) electrons. The van der Waals surface area contributed by atoms with Crippen LogP contribution in [0.3, 0.4) is 0 Å². The summed E-state index contributed by atoms with van der Waals surface area (Å²) in [5.41, 5.74) is 1.57. The molecule has 1 saturated carbocycles. The van der Waals surface area contributed by atoms with E-state index in [2.05, 4.69) is 45.6 Å². The summed E-state index contributed by atoms with van der Waals surface area (Å²) in [6.45, 7) is 0. The molecule has 0 bridgehead atoms. The number of hydrogen-bond donors (Lipinski definition) is 0. The molecule has 0 amide bonds. The molecule has 90 valence electrons. The number of benzene rings is 1. The highest BCUT2D eigenvalue weighted by Crippen LogP contribution is 2.40. The zero-order valence-corrected chi connectivity index (χ0v) is 12.3. The van der Waals surface area contributed by atoms with Crippen LogP contribution in [0.1, 0.15) is 43.6 Å². The maximum Gasteiger partial charge on any atom is 0.0377 e. The molecule has 1 heterocycles. The van der Waals surface area contributed by atoms with Gasteiger partial charge >= 0.3 is 0 Å². The molecule has 1 aliphatic rings. The molecule has 17 heavy (non-hydrogen) atoms. The van der Waals surface area contributed by atoms with E-state index in [-0.39, 0.29) is 0 Å². The Morgan fingerprint density at radius 3 is 2.88 bits per heavy atom. The third-order valence-corrected chi connectivity index (χ3v) is 5.92. The predicted molar refractivity (Wildman–Crippen MR) is 80.4 cm³/mol. The number of alkyl halides is 1. The van der Waals surface area contributed by atoms with E-state index >= 15 is 0 Å². The summed E-state index contributed by atoms with van der Waals surface area (Å²) in [4.78, 5) is 0.665. The average molecular weight is 309 g/mol. The molecule has 1 fully saturated rings. The molecule has 0 nitrogen and oxygen atoms in total. The van der Waals surface area contributed by atoms with Crippen molar-refractivity contribution in [2.45, 2.75) is 42.8 Å². The highest BCUT2D eigenvalue weighted by Gasteiger charge is 2.24. The molecule has 2 heteroatoms. The van der Waals surface area contributed by atoms with Crippen molar-refractivity contribution in [2.24, 2.45) is 0 Å². The van der Waals surface area contributed by atoms with Gasteiger partial charge in [0.1, 0.15) is 0 Å². The normalized spacial score (nSPS) is 25.9. The van der Waals surface area contributed by atoms with Crippen LogP contribution >= 0.6 is 27.3 Å². The van der Waals surface area contributed by atoms with Gasteiger partial charge in [0.05, 0.1) is 0 Å². The van der Waals surface area contributed by atoms with Crippen molar-refractivity contribution >= 4 is 37.4 Å². The third kappa shape index (κ3) is 2.30. The van der Waals surface area contributed by atoms with Gasteiger partial charge in [-0.3, -0.25) is 0 Å². The van der Waals surface area contributed by atoms with Crippen molar-refractivity contribution in [3.8, 4) is 0 Å². The van der Waals surface area contributed by atoms with Crippen molar-refractivity contribution < 1.29 is 0 Å². The first-order valence-electron chi connectivity index (χ1n) is 6.46. The first-order chi connectivity index (χ1) is 8.36. The van der Waals surface area contributed by atoms with E-state index in [1.54, 1.807) is 5.56 Å². The van der Waals surface area contributed by atoms with Gasteiger partial charge in [-0.25, -0.2) is 0 Å². The van der Waals surface area contributed by atoms with Gasteiger partial charge < -0.3 is 0 Å². The van der Waals surface area contributed by atoms with Gasteiger partial charge in [0.2, 0.25) is 0 Å². The Hall–Kier alpha value is -0.340. The van der Waals surface area contributed by atoms with Crippen LogP contribution in [0.4, 0.5) is 0 Å². The van der Waals surface area contributed by atoms with E-state index in [9.17, 15) is 0 Å². The van der Waals surface area contributed by atoms with Crippen molar-refractivity contribution in [1.29, 1.82) is 0 Å². The number of hydrogen-bond acceptors (Lipinski definition) is 1. The molecule has 2 aromatic rings. The first kappa shape index (κ1) is 11.7. The standard InChI is InChI=1S/C15H17BrS/c16-14-8-3-1-2-6-12(14)13-7-4-5-11-9-10-17-15(11)13/h4-5,7,9-10,12,14H,1-3,6,8H2. The lowest BCUT2D eigenvalue weighted by molar-refractivity contribution is 0.617. The zero-order valence-electron chi connectivity index (χ0n) is 9.86. The van der Waals surface area contributed by atoms with Crippen molar-refractivity contribution in [1.82, 2.24) is 0 Å². The number of halogens is 1. The number of fused-ring (bicyclic) bond motifs is 1. The van der Waals surface area contributed by atoms with Crippen LogP contribution in [0.2, 0.25) is 0 Å². The molecule has 1 aromatic heterocycles. The van der Waals surface area contributed by atoms with Crippen LogP contribution in [0, 0.1) is 0 Å². The van der Waals surface area contributed by atoms with Crippen molar-refractivity contribution in [3.05, 3.63) is 35.2 Å². The molecule has 1 aromatic carbocycles. The van der Waals surface area contributed by atoms with Crippen LogP contribution in [0.25, 0.3) is 10.1 Å². The fraction of sp³-hybridized carbons (Fsp3) is 0.467. The Kier molecular flexibility index (Phi) is 3.53. The van der Waals surface area contributed by atoms with Gasteiger partial charge in [-0.15, -0.1) is 11.3 Å². The van der Waals surface area contributed by atoms with Crippen molar-refractivity contribution in [2.75, 3.05) is 0 Å². The Bertz CT molecular complexity index is 502. The largest absolute Gasteiger partial charge is 0.144 e. The Morgan fingerprint density at radius 1 is 1.06 bits per heavy atom. The lowest BCUT2D eigenvalue weighted by Crippen LogP contribution is -2.10. The second-order valence-corrected chi connectivity index (χ2v) is 7.04. The summed E-state index contributed by atoms with van der Waals surface area (Å²) in [6.07, 6.45) is 6.83. The molecule has 3 rings (SSSR count). The summed E-state index contributed by atoms with van der Waals surface area (Å²) < 4.78 is 1.50. The summed E-state index contributed by atoms with van der Waals surface area (Å²) in [6, 6.07) is 9.02. The molecule has 1 aliphatic carbocycles.